The first-order valence-corrected chi connectivity index (χ1v) is 4.31. The fourth-order valence-electron chi connectivity index (χ4n) is 0.383. The SMILES string of the molecule is C1=CSCN1.O=C(O)C=CC(=O)O. The van der Waals surface area contributed by atoms with E-state index in [4.69, 9.17) is 10.2 Å². The molecule has 0 saturated carbocycles. The summed E-state index contributed by atoms with van der Waals surface area (Å²) in [6.07, 6.45) is 3.06. The van der Waals surface area contributed by atoms with Gasteiger partial charge in [0, 0.05) is 18.4 Å². The van der Waals surface area contributed by atoms with Crippen LogP contribution in [0.15, 0.2) is 23.8 Å². The molecule has 0 amide bonds. The lowest BCUT2D eigenvalue weighted by molar-refractivity contribution is -0.134. The van der Waals surface area contributed by atoms with Crippen LogP contribution in [-0.2, 0) is 9.59 Å². The Morgan fingerprint density at radius 1 is 1.31 bits per heavy atom. The van der Waals surface area contributed by atoms with E-state index in [9.17, 15) is 9.59 Å². The van der Waals surface area contributed by atoms with E-state index in [0.29, 0.717) is 12.2 Å². The highest BCUT2D eigenvalue weighted by atomic mass is 32.2. The van der Waals surface area contributed by atoms with Gasteiger partial charge in [-0.2, -0.15) is 0 Å². The second-order valence-electron chi connectivity index (χ2n) is 1.83. The van der Waals surface area contributed by atoms with Crippen LogP contribution < -0.4 is 5.32 Å². The minimum absolute atomic E-state index is 0.558. The smallest absolute Gasteiger partial charge is 0.328 e. The molecule has 1 heterocycles. The molecule has 72 valence electrons. The minimum Gasteiger partial charge on any atom is -0.478 e. The number of carbonyl (C=O) groups is 2. The van der Waals surface area contributed by atoms with Crippen LogP contribution in [0.4, 0.5) is 0 Å². The highest BCUT2D eigenvalue weighted by Crippen LogP contribution is 2.02. The monoisotopic (exact) mass is 203 g/mol. The van der Waals surface area contributed by atoms with Gasteiger partial charge in [-0.1, -0.05) is 0 Å². The standard InChI is InChI=1S/C4H4O4.C3H5NS/c5-3(6)1-2-4(7)8;1-2-5-3-4-1/h1-2H,(H,5,6)(H,7,8);1-2,4H,3H2. The molecule has 0 radical (unpaired) electrons. The van der Waals surface area contributed by atoms with Crippen molar-refractivity contribution in [1.29, 1.82) is 0 Å². The Balaban J connectivity index is 0.000000243. The Labute approximate surface area is 79.1 Å². The number of aliphatic carboxylic acids is 2. The summed E-state index contributed by atoms with van der Waals surface area (Å²) in [5.41, 5.74) is 0. The van der Waals surface area contributed by atoms with E-state index in [1.165, 1.54) is 0 Å². The maximum absolute atomic E-state index is 9.55. The van der Waals surface area contributed by atoms with E-state index in [1.54, 1.807) is 11.8 Å². The van der Waals surface area contributed by atoms with Gasteiger partial charge in [0.1, 0.15) is 0 Å². The highest BCUT2D eigenvalue weighted by Gasteiger charge is 1.88. The molecular weight excluding hydrogens is 194 g/mol. The highest BCUT2D eigenvalue weighted by molar-refractivity contribution is 8.02. The molecule has 13 heavy (non-hydrogen) atoms. The molecule has 0 unspecified atom stereocenters. The molecule has 0 saturated heterocycles. The Morgan fingerprint density at radius 3 is 2.00 bits per heavy atom. The molecular formula is C7H9NO4S. The van der Waals surface area contributed by atoms with E-state index in [-0.39, 0.29) is 0 Å². The maximum atomic E-state index is 9.55. The lowest BCUT2D eigenvalue weighted by Crippen LogP contribution is -1.93. The quantitative estimate of drug-likeness (QED) is 0.565. The number of hydrogen-bond acceptors (Lipinski definition) is 4. The molecule has 5 nitrogen and oxygen atoms in total. The number of thioether (sulfide) groups is 1. The first kappa shape index (κ1) is 11.6. The van der Waals surface area contributed by atoms with Crippen LogP contribution in [-0.4, -0.2) is 28.0 Å². The van der Waals surface area contributed by atoms with Gasteiger partial charge < -0.3 is 15.5 Å². The predicted molar refractivity (Wildman–Crippen MR) is 49.1 cm³/mol. The topological polar surface area (TPSA) is 86.6 Å². The summed E-state index contributed by atoms with van der Waals surface area (Å²) < 4.78 is 0. The fraction of sp³-hybridized carbons (Fsp3) is 0.143. The van der Waals surface area contributed by atoms with E-state index in [2.05, 4.69) is 5.32 Å². The van der Waals surface area contributed by atoms with Crippen molar-refractivity contribution in [1.82, 2.24) is 5.32 Å². The van der Waals surface area contributed by atoms with E-state index >= 15 is 0 Å². The van der Waals surface area contributed by atoms with Gasteiger partial charge >= 0.3 is 11.9 Å². The van der Waals surface area contributed by atoms with Crippen molar-refractivity contribution >= 4 is 23.7 Å². The van der Waals surface area contributed by atoms with Gasteiger partial charge in [0.15, 0.2) is 0 Å². The number of carboxylic acid groups (broad SMARTS) is 2. The van der Waals surface area contributed by atoms with Gasteiger partial charge in [-0.3, -0.25) is 0 Å². The number of hydrogen-bond donors (Lipinski definition) is 3. The van der Waals surface area contributed by atoms with Gasteiger partial charge in [-0.15, -0.1) is 11.8 Å². The van der Waals surface area contributed by atoms with E-state index < -0.39 is 11.9 Å². The molecule has 0 bridgehead atoms. The second kappa shape index (κ2) is 7.23. The Hall–Kier alpha value is -1.43. The number of carboxylic acids is 2. The molecule has 6 heteroatoms. The number of rotatable bonds is 2. The summed E-state index contributed by atoms with van der Waals surface area (Å²) in [5, 5.41) is 20.7. The van der Waals surface area contributed by atoms with E-state index in [1.807, 2.05) is 11.6 Å². The van der Waals surface area contributed by atoms with Gasteiger partial charge in [0.05, 0.1) is 5.88 Å². The fourth-order valence-corrected chi connectivity index (χ4v) is 0.864. The summed E-state index contributed by atoms with van der Waals surface area (Å²) in [7, 11) is 0. The van der Waals surface area contributed by atoms with Crippen LogP contribution in [0.3, 0.4) is 0 Å². The van der Waals surface area contributed by atoms with Crippen molar-refractivity contribution in [3.8, 4) is 0 Å². The van der Waals surface area contributed by atoms with Crippen molar-refractivity contribution < 1.29 is 19.8 Å². The van der Waals surface area contributed by atoms with Gasteiger partial charge in [-0.25, -0.2) is 9.59 Å². The first-order chi connectivity index (χ1) is 6.13. The zero-order chi connectivity index (χ0) is 10.1. The third kappa shape index (κ3) is 10.6. The molecule has 1 aliphatic heterocycles. The molecule has 1 aliphatic rings. The Morgan fingerprint density at radius 2 is 1.85 bits per heavy atom. The molecule has 1 rings (SSSR count). The Kier molecular flexibility index (Phi) is 6.44. The average Bonchev–Trinajstić information content (AvgIpc) is 2.57. The number of nitrogens with one attached hydrogen (secondary N) is 1. The van der Waals surface area contributed by atoms with Crippen LogP contribution in [0.2, 0.25) is 0 Å². The van der Waals surface area contributed by atoms with Crippen molar-refractivity contribution in [2.45, 2.75) is 0 Å². The zero-order valence-electron chi connectivity index (χ0n) is 6.64. The molecule has 0 aromatic rings. The van der Waals surface area contributed by atoms with Crippen LogP contribution in [0, 0.1) is 0 Å². The molecule has 0 fully saturated rings. The van der Waals surface area contributed by atoms with Crippen LogP contribution >= 0.6 is 11.8 Å². The summed E-state index contributed by atoms with van der Waals surface area (Å²) in [5.74, 6) is -1.46. The minimum atomic E-state index is -1.26. The van der Waals surface area contributed by atoms with Crippen LogP contribution in [0.25, 0.3) is 0 Å². The Bertz CT molecular complexity index is 215. The third-order valence-electron chi connectivity index (χ3n) is 0.817. The van der Waals surface area contributed by atoms with Crippen molar-refractivity contribution in [2.24, 2.45) is 0 Å². The molecule has 3 N–H and O–H groups in total. The van der Waals surface area contributed by atoms with Crippen molar-refractivity contribution in [3.63, 3.8) is 0 Å². The molecule has 0 aromatic carbocycles. The van der Waals surface area contributed by atoms with Crippen LogP contribution in [0.5, 0.6) is 0 Å². The summed E-state index contributed by atoms with van der Waals surface area (Å²) >= 11 is 1.78. The molecule has 0 aromatic heterocycles. The van der Waals surface area contributed by atoms with E-state index in [0.717, 1.165) is 5.88 Å². The summed E-state index contributed by atoms with van der Waals surface area (Å²) in [4.78, 5) is 19.1. The van der Waals surface area contributed by atoms with Crippen molar-refractivity contribution in [2.75, 3.05) is 5.88 Å². The first-order valence-electron chi connectivity index (χ1n) is 3.27. The van der Waals surface area contributed by atoms with Crippen molar-refractivity contribution in [3.05, 3.63) is 23.8 Å². The second-order valence-corrected chi connectivity index (χ2v) is 2.72. The molecule has 0 aliphatic carbocycles. The average molecular weight is 203 g/mol. The lowest BCUT2D eigenvalue weighted by Gasteiger charge is -1.77. The third-order valence-corrected chi connectivity index (χ3v) is 1.48. The predicted octanol–water partition coefficient (Wildman–Crippen LogP) is 0.463. The largest absolute Gasteiger partial charge is 0.478 e. The summed E-state index contributed by atoms with van der Waals surface area (Å²) in [6.45, 7) is 0. The maximum Gasteiger partial charge on any atom is 0.328 e. The van der Waals surface area contributed by atoms with Gasteiger partial charge in [0.25, 0.3) is 0 Å². The lowest BCUT2D eigenvalue weighted by atomic mass is 10.5. The zero-order valence-corrected chi connectivity index (χ0v) is 7.45. The van der Waals surface area contributed by atoms with Crippen LogP contribution in [0.1, 0.15) is 0 Å². The molecule has 0 atom stereocenters. The molecule has 0 spiro atoms. The van der Waals surface area contributed by atoms with Gasteiger partial charge in [-0.05, 0) is 5.41 Å². The summed E-state index contributed by atoms with van der Waals surface area (Å²) in [6, 6.07) is 0. The normalized spacial score (nSPS) is 13.2. The van der Waals surface area contributed by atoms with Gasteiger partial charge in [0.2, 0.25) is 0 Å².